The molecule has 0 aromatic carbocycles. The molecule has 80 valence electrons. The van der Waals surface area contributed by atoms with E-state index in [2.05, 4.69) is 0 Å². The quantitative estimate of drug-likeness (QED) is 0.590. The van der Waals surface area contributed by atoms with Crippen LogP contribution >= 0.6 is 0 Å². The summed E-state index contributed by atoms with van der Waals surface area (Å²) >= 11 is 0. The lowest BCUT2D eigenvalue weighted by Gasteiger charge is -2.05. The molecule has 5 nitrogen and oxygen atoms in total. The van der Waals surface area contributed by atoms with Crippen LogP contribution < -0.4 is 0 Å². The molecule has 14 heavy (non-hydrogen) atoms. The Balaban J connectivity index is 0.000000213. The van der Waals surface area contributed by atoms with Crippen molar-refractivity contribution in [3.05, 3.63) is 11.5 Å². The van der Waals surface area contributed by atoms with Crippen LogP contribution in [-0.4, -0.2) is 34.5 Å². The van der Waals surface area contributed by atoms with Gasteiger partial charge in [-0.15, -0.1) is 0 Å². The van der Waals surface area contributed by atoms with Crippen LogP contribution in [0.3, 0.4) is 0 Å². The zero-order valence-electron chi connectivity index (χ0n) is 7.77. The number of carboxylic acid groups (broad SMARTS) is 1. The van der Waals surface area contributed by atoms with Gasteiger partial charge < -0.3 is 20.1 Å². The Kier molecular flexibility index (Phi) is 3.91. The van der Waals surface area contributed by atoms with Crippen molar-refractivity contribution in [3.63, 3.8) is 0 Å². The zero-order valence-corrected chi connectivity index (χ0v) is 7.77. The van der Waals surface area contributed by atoms with E-state index in [0.717, 1.165) is 30.8 Å². The smallest absolute Gasteiger partial charge is 0.314 e. The van der Waals surface area contributed by atoms with Gasteiger partial charge in [0.2, 0.25) is 0 Å². The first-order valence-electron chi connectivity index (χ1n) is 4.56. The van der Waals surface area contributed by atoms with E-state index in [0.29, 0.717) is 0 Å². The normalized spacial score (nSPS) is 22.9. The Morgan fingerprint density at radius 3 is 2.50 bits per heavy atom. The fraction of sp³-hybridized carbons (Fsp3) is 0.667. The maximum absolute atomic E-state index is 10.5. The van der Waals surface area contributed by atoms with Crippen LogP contribution in [0.1, 0.15) is 19.3 Å². The predicted octanol–water partition coefficient (Wildman–Crippen LogP) is 0.0839. The van der Waals surface area contributed by atoms with Crippen molar-refractivity contribution in [2.24, 2.45) is 5.92 Å². The van der Waals surface area contributed by atoms with E-state index in [1.54, 1.807) is 0 Å². The number of hydrogen-bond donors (Lipinski definition) is 3. The zero-order chi connectivity index (χ0) is 10.6. The summed E-state index contributed by atoms with van der Waals surface area (Å²) in [5.74, 6) is 0.589. The van der Waals surface area contributed by atoms with Crippen LogP contribution in [0.4, 0.5) is 0 Å². The molecule has 0 saturated carbocycles. The molecule has 0 aromatic heterocycles. The summed E-state index contributed by atoms with van der Waals surface area (Å²) in [7, 11) is 0. The van der Waals surface area contributed by atoms with Gasteiger partial charge in [0.15, 0.2) is 5.76 Å². The number of allylic oxidation sites excluding steroid dienone is 1. The van der Waals surface area contributed by atoms with Gasteiger partial charge in [-0.3, -0.25) is 4.79 Å². The highest BCUT2D eigenvalue weighted by Crippen LogP contribution is 2.43. The number of aliphatic hydroxyl groups is 2. The summed E-state index contributed by atoms with van der Waals surface area (Å²) in [4.78, 5) is 10.5. The van der Waals surface area contributed by atoms with Crippen molar-refractivity contribution in [2.45, 2.75) is 19.3 Å². The first-order chi connectivity index (χ1) is 6.70. The van der Waals surface area contributed by atoms with Crippen LogP contribution in [0, 0.1) is 5.92 Å². The summed E-state index contributed by atoms with van der Waals surface area (Å²) in [6.07, 6.45) is 2.64. The van der Waals surface area contributed by atoms with Crippen molar-refractivity contribution in [2.75, 3.05) is 13.2 Å². The lowest BCUT2D eigenvalue weighted by atomic mass is 9.96. The van der Waals surface area contributed by atoms with Gasteiger partial charge in [-0.05, 0) is 12.8 Å². The van der Waals surface area contributed by atoms with E-state index in [1.165, 1.54) is 0 Å². The number of carboxylic acids is 1. The molecule has 1 aliphatic carbocycles. The van der Waals surface area contributed by atoms with E-state index >= 15 is 0 Å². The topological polar surface area (TPSA) is 90.3 Å². The standard InChI is InChI=1S/C7H8O3.C2H6O2/c8-7(9)4-2-1-3-5-6(4)10-5;3-1-2-4/h4H,1-3H2,(H,8,9);3-4H,1-2H2. The molecule has 0 aromatic rings. The van der Waals surface area contributed by atoms with Crippen molar-refractivity contribution in [3.8, 4) is 0 Å². The average molecular weight is 202 g/mol. The second-order valence-electron chi connectivity index (χ2n) is 3.12. The first-order valence-corrected chi connectivity index (χ1v) is 4.56. The summed E-state index contributed by atoms with van der Waals surface area (Å²) in [6.45, 7) is -0.250. The SMILES string of the molecule is O=C(O)C1CCCC2=C1O2.OCCO. The number of carbonyl (C=O) groups is 1. The van der Waals surface area contributed by atoms with Gasteiger partial charge in [-0.2, -0.15) is 0 Å². The van der Waals surface area contributed by atoms with Crippen LogP contribution in [0.15, 0.2) is 11.5 Å². The summed E-state index contributed by atoms with van der Waals surface area (Å²) in [5, 5.41) is 23.9. The lowest BCUT2D eigenvalue weighted by Crippen LogP contribution is -2.13. The third kappa shape index (κ3) is 2.71. The molecule has 0 amide bonds. The van der Waals surface area contributed by atoms with Gasteiger partial charge >= 0.3 is 5.97 Å². The minimum Gasteiger partial charge on any atom is -0.481 e. The molecule has 2 aliphatic rings. The number of hydrogen-bond acceptors (Lipinski definition) is 4. The molecule has 0 saturated heterocycles. The van der Waals surface area contributed by atoms with Crippen LogP contribution in [0.25, 0.3) is 0 Å². The monoisotopic (exact) mass is 202 g/mol. The fourth-order valence-electron chi connectivity index (χ4n) is 1.38. The number of aliphatic carboxylic acids is 1. The fourth-order valence-corrected chi connectivity index (χ4v) is 1.38. The molecule has 1 atom stereocenters. The summed E-state index contributed by atoms with van der Waals surface area (Å²) in [6, 6.07) is 0. The van der Waals surface area contributed by atoms with E-state index < -0.39 is 5.97 Å². The Morgan fingerprint density at radius 2 is 2.07 bits per heavy atom. The van der Waals surface area contributed by atoms with Gasteiger partial charge in [-0.1, -0.05) is 0 Å². The van der Waals surface area contributed by atoms with E-state index in [9.17, 15) is 4.79 Å². The second-order valence-corrected chi connectivity index (χ2v) is 3.12. The highest BCUT2D eigenvalue weighted by molar-refractivity contribution is 5.74. The summed E-state index contributed by atoms with van der Waals surface area (Å²) in [5.41, 5.74) is 0. The van der Waals surface area contributed by atoms with Gasteiger partial charge in [0.25, 0.3) is 0 Å². The molecule has 0 fully saturated rings. The third-order valence-electron chi connectivity index (χ3n) is 2.08. The first kappa shape index (κ1) is 11.0. The molecular formula is C9H14O5. The van der Waals surface area contributed by atoms with Gasteiger partial charge in [0.1, 0.15) is 11.7 Å². The molecule has 1 unspecified atom stereocenters. The van der Waals surface area contributed by atoms with E-state index in [1.807, 2.05) is 0 Å². The Bertz CT molecular complexity index is 244. The predicted molar refractivity (Wildman–Crippen MR) is 47.3 cm³/mol. The van der Waals surface area contributed by atoms with Gasteiger partial charge in [0.05, 0.1) is 13.2 Å². The molecule has 1 heterocycles. The van der Waals surface area contributed by atoms with Crippen molar-refractivity contribution in [1.29, 1.82) is 0 Å². The highest BCUT2D eigenvalue weighted by atomic mass is 16.6. The second kappa shape index (κ2) is 4.97. The maximum Gasteiger partial charge on any atom is 0.314 e. The van der Waals surface area contributed by atoms with E-state index in [4.69, 9.17) is 20.1 Å². The molecule has 0 bridgehead atoms. The molecular weight excluding hydrogens is 188 g/mol. The highest BCUT2D eigenvalue weighted by Gasteiger charge is 2.40. The number of ether oxygens (including phenoxy) is 1. The average Bonchev–Trinajstić information content (AvgIpc) is 2.96. The minimum atomic E-state index is -0.746. The van der Waals surface area contributed by atoms with Crippen LogP contribution in [-0.2, 0) is 9.53 Å². The van der Waals surface area contributed by atoms with Gasteiger partial charge in [-0.25, -0.2) is 0 Å². The molecule has 5 heteroatoms. The minimum absolute atomic E-state index is 0.125. The number of aliphatic hydroxyl groups excluding tert-OH is 2. The Morgan fingerprint density at radius 1 is 1.43 bits per heavy atom. The molecule has 0 spiro atoms. The van der Waals surface area contributed by atoms with Crippen LogP contribution in [0.2, 0.25) is 0 Å². The van der Waals surface area contributed by atoms with Crippen molar-refractivity contribution in [1.82, 2.24) is 0 Å². The van der Waals surface area contributed by atoms with E-state index in [-0.39, 0.29) is 19.1 Å². The molecule has 3 N–H and O–H groups in total. The largest absolute Gasteiger partial charge is 0.481 e. The Hall–Kier alpha value is -1.07. The summed E-state index contributed by atoms with van der Waals surface area (Å²) < 4.78 is 5.00. The molecule has 0 radical (unpaired) electrons. The maximum atomic E-state index is 10.5. The van der Waals surface area contributed by atoms with Gasteiger partial charge in [0, 0.05) is 6.42 Å². The lowest BCUT2D eigenvalue weighted by molar-refractivity contribution is -0.140. The number of rotatable bonds is 2. The third-order valence-corrected chi connectivity index (χ3v) is 2.08. The Labute approximate surface area is 81.6 Å². The van der Waals surface area contributed by atoms with Crippen LogP contribution in [0.5, 0.6) is 0 Å². The van der Waals surface area contributed by atoms with Crippen molar-refractivity contribution >= 4 is 5.97 Å². The van der Waals surface area contributed by atoms with Crippen molar-refractivity contribution < 1.29 is 24.9 Å². The molecule has 1 aliphatic heterocycles. The molecule has 2 rings (SSSR count).